The van der Waals surface area contributed by atoms with Gasteiger partial charge >= 0.3 is 0 Å². The molecule has 49 heavy (non-hydrogen) atoms. The molecule has 0 radical (unpaired) electrons. The maximum absolute atomic E-state index is 14.4. The Morgan fingerprint density at radius 1 is 1.10 bits per heavy atom. The van der Waals surface area contributed by atoms with E-state index in [9.17, 15) is 26.7 Å². The Morgan fingerprint density at radius 3 is 2.43 bits per heavy atom. The second-order valence-corrected chi connectivity index (χ2v) is 16.6. The molecule has 2 aromatic carbocycles. The molecule has 1 aliphatic rings. The van der Waals surface area contributed by atoms with E-state index >= 15 is 0 Å². The molecule has 1 aliphatic heterocycles. The van der Waals surface area contributed by atoms with E-state index in [1.165, 1.54) is 66.5 Å². The molecule has 0 aliphatic carbocycles. The molecule has 0 unspecified atom stereocenters. The number of anilines is 1. The van der Waals surface area contributed by atoms with Crippen LogP contribution in [0.25, 0.3) is 0 Å². The van der Waals surface area contributed by atoms with Crippen LogP contribution in [0.15, 0.2) is 56.8 Å². The van der Waals surface area contributed by atoms with Crippen LogP contribution in [0.5, 0.6) is 5.75 Å². The van der Waals surface area contributed by atoms with Crippen molar-refractivity contribution in [2.24, 2.45) is 5.92 Å². The first-order valence-electron chi connectivity index (χ1n) is 16.1. The number of carbonyl (C=O) groups excluding carboxylic acids is 1. The lowest BCUT2D eigenvalue weighted by Gasteiger charge is -2.35. The van der Waals surface area contributed by atoms with Crippen LogP contribution in [0.2, 0.25) is 5.02 Å². The van der Waals surface area contributed by atoms with Crippen molar-refractivity contribution in [3.8, 4) is 5.75 Å². The molecule has 3 aromatic rings. The minimum atomic E-state index is -4.12. The Labute approximate surface area is 293 Å². The van der Waals surface area contributed by atoms with Crippen LogP contribution < -0.4 is 9.46 Å². The Hall–Kier alpha value is -3.21. The molecule has 270 valence electrons. The number of aryl methyl sites for hydroxylation is 2. The number of hydrogen-bond donors (Lipinski definition) is 2. The minimum Gasteiger partial charge on any atom is -0.490 e. The zero-order valence-corrected chi connectivity index (χ0v) is 30.9. The highest BCUT2D eigenvalue weighted by Gasteiger charge is 2.33. The molecule has 1 aromatic heterocycles. The van der Waals surface area contributed by atoms with Gasteiger partial charge in [0.25, 0.3) is 15.9 Å². The lowest BCUT2D eigenvalue weighted by molar-refractivity contribution is -0.00833. The predicted octanol–water partition coefficient (Wildman–Crippen LogP) is 4.86. The molecule has 13 nitrogen and oxygen atoms in total. The summed E-state index contributed by atoms with van der Waals surface area (Å²) in [6.45, 7) is 8.54. The summed E-state index contributed by atoms with van der Waals surface area (Å²) >= 11 is 5.98. The Morgan fingerprint density at radius 2 is 1.80 bits per heavy atom. The number of rotatable bonds is 9. The second-order valence-electron chi connectivity index (χ2n) is 12.5. The molecule has 0 spiro atoms. The van der Waals surface area contributed by atoms with Gasteiger partial charge in [0.05, 0.1) is 35.3 Å². The fourth-order valence-corrected chi connectivity index (χ4v) is 8.34. The summed E-state index contributed by atoms with van der Waals surface area (Å²) in [6.07, 6.45) is 1.16. The highest BCUT2D eigenvalue weighted by atomic mass is 35.5. The average molecular weight is 741 g/mol. The number of nitrogens with one attached hydrogen (secondary N) is 1. The summed E-state index contributed by atoms with van der Waals surface area (Å²) in [5.41, 5.74) is 0.400. The Bertz CT molecular complexity index is 1800. The normalized spacial score (nSPS) is 20.7. The Balaban J connectivity index is 1.69. The number of amides is 1. The van der Waals surface area contributed by atoms with Gasteiger partial charge in [0.15, 0.2) is 10.7 Å². The van der Waals surface area contributed by atoms with Gasteiger partial charge < -0.3 is 24.0 Å². The van der Waals surface area contributed by atoms with Crippen LogP contribution in [0, 0.1) is 19.8 Å². The summed E-state index contributed by atoms with van der Waals surface area (Å²) in [7, 11) is -6.53. The number of aliphatic hydroxyl groups excluding tert-OH is 1. The molecule has 4 rings (SSSR count). The summed E-state index contributed by atoms with van der Waals surface area (Å²) in [5, 5.41) is 14.4. The SMILES string of the molecule is Cc1noc(C)c1S(=O)(=O)Nc1ccc2c(c1)C(=O)N([C@@H](C)CO)C[C@H](C)[C@@H](CN(C)S(=O)(=O)c1ccc(Cl)cc1)OCCCC[C@@H](C)O2. The molecule has 1 amide bonds. The third kappa shape index (κ3) is 9.32. The monoisotopic (exact) mass is 740 g/mol. The molecule has 2 heterocycles. The smallest absolute Gasteiger partial charge is 0.267 e. The molecular formula is C33H45ClN4O9S2. The number of fused-ring (bicyclic) bond motifs is 1. The van der Waals surface area contributed by atoms with Crippen LogP contribution in [-0.2, 0) is 24.8 Å². The Kier molecular flexibility index (Phi) is 12.8. The fourth-order valence-electron chi connectivity index (χ4n) is 5.65. The van der Waals surface area contributed by atoms with E-state index < -0.39 is 44.0 Å². The molecule has 4 atom stereocenters. The summed E-state index contributed by atoms with van der Waals surface area (Å²) in [4.78, 5) is 15.9. The predicted molar refractivity (Wildman–Crippen MR) is 185 cm³/mol. The third-order valence-electron chi connectivity index (χ3n) is 8.50. The molecule has 2 N–H and O–H groups in total. The third-order valence-corrected chi connectivity index (χ3v) is 12.2. The van der Waals surface area contributed by atoms with Gasteiger partial charge in [-0.2, -0.15) is 4.31 Å². The standard InChI is InChI=1S/C33H45ClN4O9S2/c1-21-18-38(22(2)20-39)33(40)29-17-27(36-48(41,42)32-24(4)35-47-25(32)5)12-15-30(29)46-23(3)9-7-8-16-45-31(21)19-37(6)49(43,44)28-13-10-26(34)11-14-28/h10-15,17,21-23,31,36,39H,7-9,16,18-20H2,1-6H3/t21-,22-,23+,31+/m0/s1. The number of benzene rings is 2. The highest BCUT2D eigenvalue weighted by Crippen LogP contribution is 2.31. The van der Waals surface area contributed by atoms with Gasteiger partial charge in [-0.3, -0.25) is 9.52 Å². The van der Waals surface area contributed by atoms with Crippen LogP contribution in [-0.4, -0.2) is 93.8 Å². The number of ether oxygens (including phenoxy) is 2. The zero-order chi connectivity index (χ0) is 36.1. The van der Waals surface area contributed by atoms with E-state index in [4.69, 9.17) is 25.6 Å². The molecule has 0 bridgehead atoms. The van der Waals surface area contributed by atoms with Crippen molar-refractivity contribution in [2.75, 3.05) is 38.1 Å². The molecule has 0 saturated carbocycles. The van der Waals surface area contributed by atoms with Crippen molar-refractivity contribution in [2.45, 2.75) is 81.9 Å². The van der Waals surface area contributed by atoms with Gasteiger partial charge in [-0.05, 0) is 89.4 Å². The number of nitrogens with zero attached hydrogens (tertiary/aromatic N) is 3. The van der Waals surface area contributed by atoms with E-state index in [0.29, 0.717) is 24.5 Å². The summed E-state index contributed by atoms with van der Waals surface area (Å²) in [6, 6.07) is 9.73. The highest BCUT2D eigenvalue weighted by molar-refractivity contribution is 7.92. The zero-order valence-electron chi connectivity index (χ0n) is 28.5. The van der Waals surface area contributed by atoms with Crippen LogP contribution in [0.4, 0.5) is 5.69 Å². The average Bonchev–Trinajstić information content (AvgIpc) is 3.40. The topological polar surface area (TPSA) is 169 Å². The first-order chi connectivity index (χ1) is 23.0. The molecule has 0 saturated heterocycles. The van der Waals surface area contributed by atoms with E-state index in [1.54, 1.807) is 13.0 Å². The van der Waals surface area contributed by atoms with Crippen molar-refractivity contribution < 1.29 is 40.7 Å². The van der Waals surface area contributed by atoms with Crippen molar-refractivity contribution >= 4 is 43.2 Å². The number of likely N-dealkylation sites (N-methyl/N-ethyl adjacent to an activating group) is 1. The number of halogens is 1. The van der Waals surface area contributed by atoms with Crippen molar-refractivity contribution in [3.05, 3.63) is 64.5 Å². The van der Waals surface area contributed by atoms with Gasteiger partial charge in [-0.15, -0.1) is 0 Å². The lowest BCUT2D eigenvalue weighted by Crippen LogP contribution is -2.48. The minimum absolute atomic E-state index is 0.00535. The largest absolute Gasteiger partial charge is 0.490 e. The fraction of sp³-hybridized carbons (Fsp3) is 0.515. The van der Waals surface area contributed by atoms with Gasteiger partial charge in [0.1, 0.15) is 11.4 Å². The van der Waals surface area contributed by atoms with Crippen LogP contribution in [0.1, 0.15) is 61.8 Å². The molecular weight excluding hydrogens is 696 g/mol. The van der Waals surface area contributed by atoms with Gasteiger partial charge in [0.2, 0.25) is 10.0 Å². The van der Waals surface area contributed by atoms with Gasteiger partial charge in [-0.25, -0.2) is 16.8 Å². The number of hydrogen-bond acceptors (Lipinski definition) is 10. The lowest BCUT2D eigenvalue weighted by atomic mass is 10.0. The molecule has 16 heteroatoms. The number of sulfonamides is 2. The van der Waals surface area contributed by atoms with E-state index in [-0.39, 0.29) is 64.0 Å². The maximum Gasteiger partial charge on any atom is 0.267 e. The van der Waals surface area contributed by atoms with Crippen molar-refractivity contribution in [1.29, 1.82) is 0 Å². The van der Waals surface area contributed by atoms with Crippen LogP contribution >= 0.6 is 11.6 Å². The number of aliphatic hydroxyl groups is 1. The van der Waals surface area contributed by atoms with E-state index in [2.05, 4.69) is 9.88 Å². The number of carbonyl (C=O) groups is 1. The van der Waals surface area contributed by atoms with Crippen LogP contribution in [0.3, 0.4) is 0 Å². The van der Waals surface area contributed by atoms with E-state index in [0.717, 1.165) is 6.42 Å². The maximum atomic E-state index is 14.4. The summed E-state index contributed by atoms with van der Waals surface area (Å²) < 4.78 is 74.8. The second kappa shape index (κ2) is 16.2. The van der Waals surface area contributed by atoms with Crippen molar-refractivity contribution in [3.63, 3.8) is 0 Å². The van der Waals surface area contributed by atoms with E-state index in [1.807, 2.05) is 13.8 Å². The number of aromatic nitrogens is 1. The first kappa shape index (κ1) is 38.6. The summed E-state index contributed by atoms with van der Waals surface area (Å²) in [5.74, 6) is -0.517. The first-order valence-corrected chi connectivity index (χ1v) is 19.4. The quantitative estimate of drug-likeness (QED) is 0.309. The van der Waals surface area contributed by atoms with Gasteiger partial charge in [-0.1, -0.05) is 23.7 Å². The van der Waals surface area contributed by atoms with Crippen molar-refractivity contribution in [1.82, 2.24) is 14.4 Å². The van der Waals surface area contributed by atoms with Gasteiger partial charge in [0, 0.05) is 43.4 Å². The molecule has 0 fully saturated rings.